The highest BCUT2D eigenvalue weighted by Gasteiger charge is 2.11. The third-order valence-electron chi connectivity index (χ3n) is 3.62. The molecule has 0 spiro atoms. The fourth-order valence-corrected chi connectivity index (χ4v) is 2.72. The largest absolute Gasteiger partial charge is 0.422 e. The van der Waals surface area contributed by atoms with E-state index in [2.05, 4.69) is 20.9 Å². The van der Waals surface area contributed by atoms with Gasteiger partial charge in [0.1, 0.15) is 5.58 Å². The Labute approximate surface area is 140 Å². The third-order valence-corrected chi connectivity index (χ3v) is 4.15. The SMILES string of the molecule is O=c1oc2ccccc2cc1-c1cn(-c2ccc(Br)cc2)cn1. The van der Waals surface area contributed by atoms with Crippen molar-refractivity contribution in [2.75, 3.05) is 0 Å². The molecule has 2 heterocycles. The molecule has 5 heteroatoms. The number of rotatable bonds is 2. The highest BCUT2D eigenvalue weighted by molar-refractivity contribution is 9.10. The van der Waals surface area contributed by atoms with E-state index in [1.54, 1.807) is 12.4 Å². The summed E-state index contributed by atoms with van der Waals surface area (Å²) >= 11 is 3.41. The Hall–Kier alpha value is -2.66. The van der Waals surface area contributed by atoms with Gasteiger partial charge in [0.15, 0.2) is 0 Å². The van der Waals surface area contributed by atoms with Crippen molar-refractivity contribution in [3.8, 4) is 16.9 Å². The quantitative estimate of drug-likeness (QED) is 0.493. The van der Waals surface area contributed by atoms with E-state index in [1.807, 2.05) is 59.3 Å². The van der Waals surface area contributed by atoms with Crippen LogP contribution in [0.15, 0.2) is 80.8 Å². The number of halogens is 1. The van der Waals surface area contributed by atoms with Crippen molar-refractivity contribution in [3.63, 3.8) is 0 Å². The second-order valence-corrected chi connectivity index (χ2v) is 6.04. The van der Waals surface area contributed by atoms with Gasteiger partial charge in [-0.15, -0.1) is 0 Å². The van der Waals surface area contributed by atoms with Gasteiger partial charge in [0.2, 0.25) is 0 Å². The first-order valence-electron chi connectivity index (χ1n) is 7.04. The highest BCUT2D eigenvalue weighted by Crippen LogP contribution is 2.21. The van der Waals surface area contributed by atoms with Crippen LogP contribution in [0.4, 0.5) is 0 Å². The summed E-state index contributed by atoms with van der Waals surface area (Å²) in [6, 6.07) is 17.1. The molecule has 23 heavy (non-hydrogen) atoms. The number of benzene rings is 2. The van der Waals surface area contributed by atoms with Gasteiger partial charge in [-0.25, -0.2) is 9.78 Å². The number of aromatic nitrogens is 2. The molecule has 4 aromatic rings. The fourth-order valence-electron chi connectivity index (χ4n) is 2.46. The van der Waals surface area contributed by atoms with E-state index in [0.717, 1.165) is 15.5 Å². The predicted octanol–water partition coefficient (Wildman–Crippen LogP) is 4.41. The summed E-state index contributed by atoms with van der Waals surface area (Å²) in [5.41, 5.74) is 2.21. The summed E-state index contributed by atoms with van der Waals surface area (Å²) in [6.45, 7) is 0. The first-order chi connectivity index (χ1) is 11.2. The van der Waals surface area contributed by atoms with Crippen LogP contribution in [0.3, 0.4) is 0 Å². The van der Waals surface area contributed by atoms with Crippen molar-refractivity contribution in [2.24, 2.45) is 0 Å². The van der Waals surface area contributed by atoms with Gasteiger partial charge >= 0.3 is 5.63 Å². The van der Waals surface area contributed by atoms with Crippen LogP contribution >= 0.6 is 15.9 Å². The molecule has 4 nitrogen and oxygen atoms in total. The maximum absolute atomic E-state index is 12.2. The van der Waals surface area contributed by atoms with Crippen LogP contribution in [0.5, 0.6) is 0 Å². The molecule has 0 N–H and O–H groups in total. The Bertz CT molecular complexity index is 1050. The van der Waals surface area contributed by atoms with E-state index in [0.29, 0.717) is 16.8 Å². The first kappa shape index (κ1) is 14.0. The van der Waals surface area contributed by atoms with Gasteiger partial charge in [-0.05, 0) is 36.4 Å². The molecular weight excluding hydrogens is 356 g/mol. The third kappa shape index (κ3) is 2.59. The van der Waals surface area contributed by atoms with E-state index < -0.39 is 0 Å². The molecule has 2 aromatic heterocycles. The van der Waals surface area contributed by atoms with E-state index >= 15 is 0 Å². The lowest BCUT2D eigenvalue weighted by Gasteiger charge is -2.01. The maximum Gasteiger partial charge on any atom is 0.345 e. The maximum atomic E-state index is 12.2. The molecule has 4 rings (SSSR count). The van der Waals surface area contributed by atoms with Crippen LogP contribution in [0.25, 0.3) is 27.9 Å². The molecule has 0 saturated heterocycles. The van der Waals surface area contributed by atoms with E-state index in [1.165, 1.54) is 0 Å². The Kier molecular flexibility index (Phi) is 3.35. The smallest absolute Gasteiger partial charge is 0.345 e. The monoisotopic (exact) mass is 366 g/mol. The van der Waals surface area contributed by atoms with Gasteiger partial charge in [0, 0.05) is 21.7 Å². The lowest BCUT2D eigenvalue weighted by molar-refractivity contribution is 0.563. The number of para-hydroxylation sites is 1. The van der Waals surface area contributed by atoms with Crippen LogP contribution in [-0.4, -0.2) is 9.55 Å². The summed E-state index contributed by atoms with van der Waals surface area (Å²) in [5.74, 6) is 0. The Morgan fingerprint density at radius 3 is 2.65 bits per heavy atom. The molecule has 0 aliphatic heterocycles. The molecule has 2 aromatic carbocycles. The second-order valence-electron chi connectivity index (χ2n) is 5.13. The van der Waals surface area contributed by atoms with Crippen LogP contribution in [0, 0.1) is 0 Å². The zero-order valence-electron chi connectivity index (χ0n) is 11.9. The molecule has 0 aliphatic rings. The Morgan fingerprint density at radius 1 is 1.04 bits per heavy atom. The predicted molar refractivity (Wildman–Crippen MR) is 92.7 cm³/mol. The van der Waals surface area contributed by atoms with Crippen LogP contribution < -0.4 is 5.63 Å². The molecule has 112 valence electrons. The lowest BCUT2D eigenvalue weighted by atomic mass is 10.1. The van der Waals surface area contributed by atoms with Crippen molar-refractivity contribution in [2.45, 2.75) is 0 Å². The normalized spacial score (nSPS) is 11.0. The lowest BCUT2D eigenvalue weighted by Crippen LogP contribution is -2.02. The van der Waals surface area contributed by atoms with Gasteiger partial charge in [0.05, 0.1) is 17.6 Å². The molecule has 0 fully saturated rings. The molecule has 0 saturated carbocycles. The van der Waals surface area contributed by atoms with Gasteiger partial charge in [0.25, 0.3) is 0 Å². The number of fused-ring (bicyclic) bond motifs is 1. The zero-order valence-corrected chi connectivity index (χ0v) is 13.5. The Balaban J connectivity index is 1.81. The molecular formula is C18H11BrN2O2. The minimum atomic E-state index is -0.384. The van der Waals surface area contributed by atoms with Gasteiger partial charge in [-0.1, -0.05) is 34.1 Å². The van der Waals surface area contributed by atoms with E-state index in [9.17, 15) is 4.79 Å². The van der Waals surface area contributed by atoms with Crippen LogP contribution in [0.1, 0.15) is 0 Å². The average Bonchev–Trinajstić information content (AvgIpc) is 3.04. The van der Waals surface area contributed by atoms with E-state index in [4.69, 9.17) is 4.42 Å². The fraction of sp³-hybridized carbons (Fsp3) is 0. The molecule has 0 atom stereocenters. The second kappa shape index (κ2) is 5.52. The average molecular weight is 367 g/mol. The number of hydrogen-bond donors (Lipinski definition) is 0. The molecule has 0 unspecified atom stereocenters. The van der Waals surface area contributed by atoms with Crippen molar-refractivity contribution in [1.82, 2.24) is 9.55 Å². The number of hydrogen-bond acceptors (Lipinski definition) is 3. The summed E-state index contributed by atoms with van der Waals surface area (Å²) < 4.78 is 8.25. The highest BCUT2D eigenvalue weighted by atomic mass is 79.9. The van der Waals surface area contributed by atoms with Gasteiger partial charge in [-0.2, -0.15) is 0 Å². The van der Waals surface area contributed by atoms with Crippen LogP contribution in [-0.2, 0) is 0 Å². The van der Waals surface area contributed by atoms with Crippen LogP contribution in [0.2, 0.25) is 0 Å². The molecule has 0 aliphatic carbocycles. The van der Waals surface area contributed by atoms with Crippen molar-refractivity contribution < 1.29 is 4.42 Å². The van der Waals surface area contributed by atoms with Crippen molar-refractivity contribution in [3.05, 3.63) is 82.0 Å². The number of nitrogens with zero attached hydrogens (tertiary/aromatic N) is 2. The first-order valence-corrected chi connectivity index (χ1v) is 7.83. The summed E-state index contributed by atoms with van der Waals surface area (Å²) in [7, 11) is 0. The zero-order chi connectivity index (χ0) is 15.8. The summed E-state index contributed by atoms with van der Waals surface area (Å²) in [5, 5.41) is 0.875. The van der Waals surface area contributed by atoms with Crippen molar-refractivity contribution in [1.29, 1.82) is 0 Å². The Morgan fingerprint density at radius 2 is 1.83 bits per heavy atom. The minimum Gasteiger partial charge on any atom is -0.422 e. The summed E-state index contributed by atoms with van der Waals surface area (Å²) in [6.07, 6.45) is 3.51. The molecule has 0 radical (unpaired) electrons. The molecule has 0 bridgehead atoms. The summed E-state index contributed by atoms with van der Waals surface area (Å²) in [4.78, 5) is 16.5. The van der Waals surface area contributed by atoms with Crippen molar-refractivity contribution >= 4 is 26.9 Å². The van der Waals surface area contributed by atoms with Gasteiger partial charge < -0.3 is 8.98 Å². The standard InChI is InChI=1S/C18H11BrN2O2/c19-13-5-7-14(8-6-13)21-10-16(20-11-21)15-9-12-3-1-2-4-17(12)23-18(15)22/h1-11H. The topological polar surface area (TPSA) is 48.0 Å². The minimum absolute atomic E-state index is 0.384. The number of imidazole rings is 1. The van der Waals surface area contributed by atoms with Gasteiger partial charge in [-0.3, -0.25) is 0 Å². The van der Waals surface area contributed by atoms with E-state index in [-0.39, 0.29) is 5.63 Å². The molecule has 0 amide bonds.